The predicted octanol–water partition coefficient (Wildman–Crippen LogP) is 2.87. The van der Waals surface area contributed by atoms with E-state index >= 15 is 0 Å². The van der Waals surface area contributed by atoms with Crippen LogP contribution in [0.15, 0.2) is 46.6 Å². The van der Waals surface area contributed by atoms with Gasteiger partial charge in [0.1, 0.15) is 5.75 Å². The molecule has 1 N–H and O–H groups in total. The van der Waals surface area contributed by atoms with Crippen molar-refractivity contribution in [2.24, 2.45) is 0 Å². The molecule has 0 radical (unpaired) electrons. The van der Waals surface area contributed by atoms with Crippen LogP contribution in [0.5, 0.6) is 5.75 Å². The fourth-order valence-electron chi connectivity index (χ4n) is 2.39. The van der Waals surface area contributed by atoms with Crippen LogP contribution < -0.4 is 10.3 Å². The highest BCUT2D eigenvalue weighted by molar-refractivity contribution is 7.12. The van der Waals surface area contributed by atoms with Crippen molar-refractivity contribution in [2.75, 3.05) is 14.2 Å². The van der Waals surface area contributed by atoms with Crippen LogP contribution in [0.4, 0.5) is 0 Å². The standard InChI is InChI=1S/C17H16N2O3S/c1-19(17(21)15-4-3-7-23-15)10-12-8-11-5-6-13(22-2)9-14(11)18-16(12)20/h3-9H,10H2,1-2H3,(H,18,20). The highest BCUT2D eigenvalue weighted by atomic mass is 32.1. The summed E-state index contributed by atoms with van der Waals surface area (Å²) in [6.07, 6.45) is 0. The maximum Gasteiger partial charge on any atom is 0.263 e. The molecule has 0 aliphatic rings. The molecule has 118 valence electrons. The molecule has 3 rings (SSSR count). The summed E-state index contributed by atoms with van der Waals surface area (Å²) in [7, 11) is 3.28. The quantitative estimate of drug-likeness (QED) is 0.801. The van der Waals surface area contributed by atoms with Gasteiger partial charge >= 0.3 is 0 Å². The molecule has 0 spiro atoms. The first kappa shape index (κ1) is 15.3. The van der Waals surface area contributed by atoms with Gasteiger partial charge in [-0.3, -0.25) is 9.59 Å². The fraction of sp³-hybridized carbons (Fsp3) is 0.176. The monoisotopic (exact) mass is 328 g/mol. The number of rotatable bonds is 4. The van der Waals surface area contributed by atoms with Crippen LogP contribution in [0, 0.1) is 0 Å². The minimum atomic E-state index is -0.198. The number of fused-ring (bicyclic) bond motifs is 1. The number of thiophene rings is 1. The first-order valence-electron chi connectivity index (χ1n) is 7.07. The van der Waals surface area contributed by atoms with E-state index in [1.54, 1.807) is 31.2 Å². The molecule has 0 saturated heterocycles. The number of aromatic amines is 1. The number of amides is 1. The summed E-state index contributed by atoms with van der Waals surface area (Å²) in [6, 6.07) is 10.9. The molecule has 3 aromatic rings. The molecule has 5 nitrogen and oxygen atoms in total. The molecule has 0 aliphatic heterocycles. The molecule has 23 heavy (non-hydrogen) atoms. The Morgan fingerprint density at radius 2 is 2.13 bits per heavy atom. The van der Waals surface area contributed by atoms with Crippen molar-refractivity contribution in [1.82, 2.24) is 9.88 Å². The Hall–Kier alpha value is -2.60. The number of aromatic nitrogens is 1. The van der Waals surface area contributed by atoms with Gasteiger partial charge in [-0.15, -0.1) is 11.3 Å². The van der Waals surface area contributed by atoms with Crippen LogP contribution in [0.1, 0.15) is 15.2 Å². The van der Waals surface area contributed by atoms with E-state index in [-0.39, 0.29) is 18.0 Å². The molecule has 0 bridgehead atoms. The normalized spacial score (nSPS) is 10.7. The van der Waals surface area contributed by atoms with Crippen LogP contribution in [-0.4, -0.2) is 29.9 Å². The van der Waals surface area contributed by atoms with E-state index in [1.165, 1.54) is 11.3 Å². The molecule has 1 aromatic carbocycles. The minimum Gasteiger partial charge on any atom is -0.497 e. The Bertz CT molecular complexity index is 900. The third kappa shape index (κ3) is 3.12. The summed E-state index contributed by atoms with van der Waals surface area (Å²) < 4.78 is 5.16. The van der Waals surface area contributed by atoms with Crippen LogP contribution in [-0.2, 0) is 6.54 Å². The van der Waals surface area contributed by atoms with Gasteiger partial charge in [0, 0.05) is 18.7 Å². The molecule has 2 aromatic heterocycles. The summed E-state index contributed by atoms with van der Waals surface area (Å²) in [5.41, 5.74) is 1.07. The fourth-order valence-corrected chi connectivity index (χ4v) is 3.10. The molecule has 0 fully saturated rings. The maximum atomic E-state index is 12.3. The van der Waals surface area contributed by atoms with Gasteiger partial charge in [-0.05, 0) is 35.0 Å². The molecule has 2 heterocycles. The van der Waals surface area contributed by atoms with E-state index in [0.717, 1.165) is 5.39 Å². The van der Waals surface area contributed by atoms with Gasteiger partial charge < -0.3 is 14.6 Å². The zero-order valence-corrected chi connectivity index (χ0v) is 13.6. The van der Waals surface area contributed by atoms with Crippen molar-refractivity contribution in [1.29, 1.82) is 0 Å². The second kappa shape index (κ2) is 6.26. The number of nitrogens with zero attached hydrogens (tertiary/aromatic N) is 1. The van der Waals surface area contributed by atoms with Crippen molar-refractivity contribution in [2.45, 2.75) is 6.54 Å². The summed E-state index contributed by atoms with van der Waals surface area (Å²) in [5.74, 6) is 0.597. The molecule has 0 saturated carbocycles. The average Bonchev–Trinajstić information content (AvgIpc) is 3.08. The number of nitrogens with one attached hydrogen (secondary N) is 1. The van der Waals surface area contributed by atoms with E-state index in [1.807, 2.05) is 29.6 Å². The minimum absolute atomic E-state index is 0.0887. The van der Waals surface area contributed by atoms with Gasteiger partial charge in [-0.2, -0.15) is 0 Å². The second-order valence-corrected chi connectivity index (χ2v) is 6.16. The Morgan fingerprint density at radius 1 is 1.30 bits per heavy atom. The number of benzene rings is 1. The smallest absolute Gasteiger partial charge is 0.263 e. The average molecular weight is 328 g/mol. The third-order valence-electron chi connectivity index (χ3n) is 3.62. The van der Waals surface area contributed by atoms with E-state index in [9.17, 15) is 9.59 Å². The van der Waals surface area contributed by atoms with Gasteiger partial charge in [0.2, 0.25) is 0 Å². The Morgan fingerprint density at radius 3 is 2.83 bits per heavy atom. The number of carbonyl (C=O) groups excluding carboxylic acids is 1. The number of ether oxygens (including phenoxy) is 1. The molecular formula is C17H16N2O3S. The SMILES string of the molecule is COc1ccc2cc(CN(C)C(=O)c3cccs3)c(=O)[nH]c2c1. The van der Waals surface area contributed by atoms with Crippen molar-refractivity contribution >= 4 is 28.1 Å². The number of H-pyrrole nitrogens is 1. The van der Waals surface area contributed by atoms with E-state index in [2.05, 4.69) is 4.98 Å². The summed E-state index contributed by atoms with van der Waals surface area (Å²) in [4.78, 5) is 29.6. The van der Waals surface area contributed by atoms with Gasteiger partial charge in [0.25, 0.3) is 11.5 Å². The second-order valence-electron chi connectivity index (χ2n) is 5.22. The summed E-state index contributed by atoms with van der Waals surface area (Å²) in [5, 5.41) is 2.76. The first-order valence-corrected chi connectivity index (χ1v) is 7.95. The number of hydrogen-bond donors (Lipinski definition) is 1. The highest BCUT2D eigenvalue weighted by Gasteiger charge is 2.14. The van der Waals surface area contributed by atoms with Crippen LogP contribution in [0.3, 0.4) is 0 Å². The van der Waals surface area contributed by atoms with Crippen molar-refractivity contribution in [3.05, 3.63) is 62.6 Å². The third-order valence-corrected chi connectivity index (χ3v) is 4.47. The zero-order valence-electron chi connectivity index (χ0n) is 12.8. The molecule has 6 heteroatoms. The van der Waals surface area contributed by atoms with Crippen molar-refractivity contribution in [3.63, 3.8) is 0 Å². The highest BCUT2D eigenvalue weighted by Crippen LogP contribution is 2.19. The number of carbonyl (C=O) groups is 1. The van der Waals surface area contributed by atoms with Gasteiger partial charge in [0.05, 0.1) is 24.0 Å². The first-order chi connectivity index (χ1) is 11.1. The van der Waals surface area contributed by atoms with Crippen LogP contribution >= 0.6 is 11.3 Å². The Balaban J connectivity index is 1.89. The van der Waals surface area contributed by atoms with Crippen molar-refractivity contribution < 1.29 is 9.53 Å². The molecule has 0 atom stereocenters. The lowest BCUT2D eigenvalue weighted by Crippen LogP contribution is -2.28. The maximum absolute atomic E-state index is 12.3. The topological polar surface area (TPSA) is 62.4 Å². The van der Waals surface area contributed by atoms with Crippen LogP contribution in [0.2, 0.25) is 0 Å². The van der Waals surface area contributed by atoms with Crippen molar-refractivity contribution in [3.8, 4) is 5.75 Å². The zero-order chi connectivity index (χ0) is 16.4. The molecule has 0 unspecified atom stereocenters. The largest absolute Gasteiger partial charge is 0.497 e. The van der Waals surface area contributed by atoms with Crippen LogP contribution in [0.25, 0.3) is 10.9 Å². The lowest BCUT2D eigenvalue weighted by Gasteiger charge is -2.16. The lowest BCUT2D eigenvalue weighted by atomic mass is 10.1. The molecule has 0 aliphatic carbocycles. The lowest BCUT2D eigenvalue weighted by molar-refractivity contribution is 0.0789. The summed E-state index contributed by atoms with van der Waals surface area (Å²) in [6.45, 7) is 0.258. The summed E-state index contributed by atoms with van der Waals surface area (Å²) >= 11 is 1.39. The predicted molar refractivity (Wildman–Crippen MR) is 91.2 cm³/mol. The van der Waals surface area contributed by atoms with E-state index in [0.29, 0.717) is 21.7 Å². The number of hydrogen-bond acceptors (Lipinski definition) is 4. The van der Waals surface area contributed by atoms with Gasteiger partial charge in [-0.1, -0.05) is 6.07 Å². The van der Waals surface area contributed by atoms with E-state index in [4.69, 9.17) is 4.74 Å². The molecule has 1 amide bonds. The van der Waals surface area contributed by atoms with Gasteiger partial charge in [0.15, 0.2) is 0 Å². The molecular weight excluding hydrogens is 312 g/mol. The number of methoxy groups -OCH3 is 1. The van der Waals surface area contributed by atoms with Gasteiger partial charge in [-0.25, -0.2) is 0 Å². The van der Waals surface area contributed by atoms with E-state index < -0.39 is 0 Å². The number of pyridine rings is 1. The Kier molecular flexibility index (Phi) is 4.16. The Labute approximate surface area is 137 Å².